The van der Waals surface area contributed by atoms with Gasteiger partial charge in [0.2, 0.25) is 0 Å². The number of halogens is 1. The summed E-state index contributed by atoms with van der Waals surface area (Å²) in [5.74, 6) is 0.978. The molecule has 0 fully saturated rings. The van der Waals surface area contributed by atoms with Crippen molar-refractivity contribution in [1.29, 1.82) is 0 Å². The molecule has 0 radical (unpaired) electrons. The van der Waals surface area contributed by atoms with E-state index >= 15 is 0 Å². The van der Waals surface area contributed by atoms with Crippen LogP contribution in [-0.2, 0) is 6.42 Å². The lowest BCUT2D eigenvalue weighted by Crippen LogP contribution is -2.44. The van der Waals surface area contributed by atoms with Crippen molar-refractivity contribution < 1.29 is 0 Å². The molecule has 0 saturated carbocycles. The predicted octanol–water partition coefficient (Wildman–Crippen LogP) is 3.15. The molecule has 0 aromatic carbocycles. The topological polar surface area (TPSA) is 30.9 Å². The van der Waals surface area contributed by atoms with Crippen molar-refractivity contribution >= 4 is 41.3 Å². The second-order valence-corrected chi connectivity index (χ2v) is 6.48. The number of aliphatic imine (C=N–C) groups is 1. The van der Waals surface area contributed by atoms with Gasteiger partial charge in [0.15, 0.2) is 5.96 Å². The maximum Gasteiger partial charge on any atom is 0.193 e. The summed E-state index contributed by atoms with van der Waals surface area (Å²) in [5, 5.41) is 5.59. The zero-order valence-corrected chi connectivity index (χ0v) is 17.6. The number of hydrogen-bond acceptors (Lipinski definition) is 3. The van der Waals surface area contributed by atoms with E-state index in [9.17, 15) is 0 Å². The maximum atomic E-state index is 4.37. The van der Waals surface area contributed by atoms with Gasteiger partial charge in [0.05, 0.1) is 0 Å². The normalized spacial score (nSPS) is 11.7. The number of thiophene rings is 1. The Morgan fingerprint density at radius 1 is 1.36 bits per heavy atom. The Balaban J connectivity index is 0.00000441. The molecule has 0 aliphatic carbocycles. The lowest BCUT2D eigenvalue weighted by molar-refractivity contribution is 0.236. The van der Waals surface area contributed by atoms with Crippen molar-refractivity contribution in [2.75, 3.05) is 40.3 Å². The number of nitrogens with zero attached hydrogens (tertiary/aromatic N) is 3. The molecule has 1 rings (SSSR count). The Bertz CT molecular complexity index is 406. The molecule has 1 N–H and O–H groups in total. The first-order valence-electron chi connectivity index (χ1n) is 7.76. The van der Waals surface area contributed by atoms with E-state index in [2.05, 4.69) is 65.4 Å². The monoisotopic (exact) mass is 438 g/mol. The lowest BCUT2D eigenvalue weighted by Gasteiger charge is -2.27. The smallest absolute Gasteiger partial charge is 0.193 e. The molecule has 0 unspecified atom stereocenters. The minimum atomic E-state index is 0. The van der Waals surface area contributed by atoms with E-state index in [0.29, 0.717) is 6.04 Å². The molecule has 0 atom stereocenters. The van der Waals surface area contributed by atoms with Gasteiger partial charge in [-0.2, -0.15) is 0 Å². The van der Waals surface area contributed by atoms with Gasteiger partial charge >= 0.3 is 0 Å². The maximum absolute atomic E-state index is 4.37. The van der Waals surface area contributed by atoms with Gasteiger partial charge < -0.3 is 10.2 Å². The number of hydrogen-bond donors (Lipinski definition) is 1. The van der Waals surface area contributed by atoms with Crippen LogP contribution in [0, 0.1) is 0 Å². The number of likely N-dealkylation sites (N-methyl/N-ethyl adjacent to an activating group) is 2. The summed E-state index contributed by atoms with van der Waals surface area (Å²) in [7, 11) is 3.95. The average Bonchev–Trinajstić information content (AvgIpc) is 2.98. The van der Waals surface area contributed by atoms with Crippen LogP contribution in [0.5, 0.6) is 0 Å². The highest BCUT2D eigenvalue weighted by atomic mass is 127. The standard InChI is InChI=1S/C16H30N4S.HI/c1-6-20(14(2)3)12-10-18-16(17-4)19(5)11-9-15-8-7-13-21-15;/h7-8,13-14H,6,9-12H2,1-5H3,(H,17,18);1H. The second-order valence-electron chi connectivity index (χ2n) is 5.45. The first-order chi connectivity index (χ1) is 10.1. The van der Waals surface area contributed by atoms with Crippen LogP contribution in [0.4, 0.5) is 0 Å². The Morgan fingerprint density at radius 2 is 2.09 bits per heavy atom. The van der Waals surface area contributed by atoms with Gasteiger partial charge in [-0.15, -0.1) is 35.3 Å². The molecular weight excluding hydrogens is 407 g/mol. The van der Waals surface area contributed by atoms with Crippen LogP contribution < -0.4 is 5.32 Å². The molecule has 0 spiro atoms. The van der Waals surface area contributed by atoms with Crippen molar-refractivity contribution in [2.45, 2.75) is 33.2 Å². The fraction of sp³-hybridized carbons (Fsp3) is 0.688. The van der Waals surface area contributed by atoms with Gasteiger partial charge in [0.1, 0.15) is 0 Å². The highest BCUT2D eigenvalue weighted by Gasteiger charge is 2.09. The molecule has 1 aromatic heterocycles. The third-order valence-electron chi connectivity index (χ3n) is 3.67. The minimum Gasteiger partial charge on any atom is -0.355 e. The summed E-state index contributed by atoms with van der Waals surface area (Å²) in [5.41, 5.74) is 0. The summed E-state index contributed by atoms with van der Waals surface area (Å²) in [6.07, 6.45) is 1.07. The molecular formula is C16H31IN4S. The molecule has 0 aliphatic rings. The number of rotatable bonds is 8. The van der Waals surface area contributed by atoms with Crippen LogP contribution in [0.1, 0.15) is 25.6 Å². The quantitative estimate of drug-likeness (QED) is 0.385. The average molecular weight is 438 g/mol. The Morgan fingerprint density at radius 3 is 2.59 bits per heavy atom. The van der Waals surface area contributed by atoms with E-state index in [-0.39, 0.29) is 24.0 Å². The van der Waals surface area contributed by atoms with Gasteiger partial charge in [-0.25, -0.2) is 0 Å². The van der Waals surface area contributed by atoms with Gasteiger partial charge in [-0.1, -0.05) is 13.0 Å². The largest absolute Gasteiger partial charge is 0.355 e. The zero-order chi connectivity index (χ0) is 15.7. The summed E-state index contributed by atoms with van der Waals surface area (Å²) in [6.45, 7) is 10.8. The SMILES string of the molecule is CCN(CCNC(=NC)N(C)CCc1cccs1)C(C)C.I. The van der Waals surface area contributed by atoms with Crippen LogP contribution in [0.25, 0.3) is 0 Å². The van der Waals surface area contributed by atoms with Gasteiger partial charge in [0, 0.05) is 44.6 Å². The van der Waals surface area contributed by atoms with Crippen molar-refractivity contribution in [2.24, 2.45) is 4.99 Å². The van der Waals surface area contributed by atoms with E-state index < -0.39 is 0 Å². The van der Waals surface area contributed by atoms with Crippen LogP contribution in [0.15, 0.2) is 22.5 Å². The first kappa shape index (κ1) is 21.7. The Hall–Kier alpha value is -0.340. The second kappa shape index (κ2) is 12.1. The third kappa shape index (κ3) is 7.78. The Kier molecular flexibility index (Phi) is 11.9. The molecule has 0 aliphatic heterocycles. The van der Waals surface area contributed by atoms with Crippen molar-refractivity contribution in [1.82, 2.24) is 15.1 Å². The number of guanidine groups is 1. The van der Waals surface area contributed by atoms with Crippen LogP contribution in [0.2, 0.25) is 0 Å². The molecule has 128 valence electrons. The van der Waals surface area contributed by atoms with E-state index in [4.69, 9.17) is 0 Å². The van der Waals surface area contributed by atoms with Crippen molar-refractivity contribution in [3.8, 4) is 0 Å². The molecule has 1 aromatic rings. The molecule has 1 heterocycles. The summed E-state index contributed by atoms with van der Waals surface area (Å²) in [4.78, 5) is 10.4. The van der Waals surface area contributed by atoms with E-state index in [1.54, 1.807) is 0 Å². The van der Waals surface area contributed by atoms with E-state index in [0.717, 1.165) is 38.6 Å². The molecule has 0 saturated heterocycles. The Labute approximate surface area is 157 Å². The zero-order valence-electron chi connectivity index (χ0n) is 14.5. The summed E-state index contributed by atoms with van der Waals surface area (Å²) >= 11 is 1.82. The number of nitrogens with one attached hydrogen (secondary N) is 1. The van der Waals surface area contributed by atoms with Gasteiger partial charge in [-0.3, -0.25) is 9.89 Å². The van der Waals surface area contributed by atoms with Gasteiger partial charge in [-0.05, 0) is 38.3 Å². The molecule has 0 amide bonds. The summed E-state index contributed by atoms with van der Waals surface area (Å²) < 4.78 is 0. The highest BCUT2D eigenvalue weighted by Crippen LogP contribution is 2.09. The van der Waals surface area contributed by atoms with Crippen LogP contribution in [-0.4, -0.2) is 62.1 Å². The van der Waals surface area contributed by atoms with Gasteiger partial charge in [0.25, 0.3) is 0 Å². The third-order valence-corrected chi connectivity index (χ3v) is 4.60. The van der Waals surface area contributed by atoms with E-state index in [1.165, 1.54) is 4.88 Å². The lowest BCUT2D eigenvalue weighted by atomic mass is 10.3. The molecule has 0 bridgehead atoms. The van der Waals surface area contributed by atoms with E-state index in [1.807, 2.05) is 18.4 Å². The van der Waals surface area contributed by atoms with Crippen molar-refractivity contribution in [3.05, 3.63) is 22.4 Å². The van der Waals surface area contributed by atoms with Crippen molar-refractivity contribution in [3.63, 3.8) is 0 Å². The van der Waals surface area contributed by atoms with Crippen LogP contribution in [0.3, 0.4) is 0 Å². The fourth-order valence-electron chi connectivity index (χ4n) is 2.32. The molecule has 22 heavy (non-hydrogen) atoms. The molecule has 4 nitrogen and oxygen atoms in total. The highest BCUT2D eigenvalue weighted by molar-refractivity contribution is 14.0. The van der Waals surface area contributed by atoms with Crippen LogP contribution >= 0.6 is 35.3 Å². The molecule has 6 heteroatoms. The summed E-state index contributed by atoms with van der Waals surface area (Å²) in [6, 6.07) is 4.89. The minimum absolute atomic E-state index is 0. The fourth-order valence-corrected chi connectivity index (χ4v) is 3.01. The first-order valence-corrected chi connectivity index (χ1v) is 8.64. The predicted molar refractivity (Wildman–Crippen MR) is 110 cm³/mol.